The number of aldehydes is 1. The second kappa shape index (κ2) is 8.57. The second-order valence-corrected chi connectivity index (χ2v) is 5.57. The van der Waals surface area contributed by atoms with Crippen LogP contribution in [0, 0.1) is 0 Å². The predicted molar refractivity (Wildman–Crippen MR) is 93.6 cm³/mol. The van der Waals surface area contributed by atoms with Gasteiger partial charge in [-0.15, -0.1) is 0 Å². The number of halogens is 2. The van der Waals surface area contributed by atoms with Crippen LogP contribution in [0.2, 0.25) is 10.0 Å². The lowest BCUT2D eigenvalue weighted by molar-refractivity contribution is -0.118. The van der Waals surface area contributed by atoms with E-state index in [0.717, 1.165) is 0 Å². The molecule has 0 aliphatic heterocycles. The molecule has 2 aromatic rings. The van der Waals surface area contributed by atoms with Crippen LogP contribution in [0.1, 0.15) is 17.3 Å². The average molecular weight is 368 g/mol. The molecule has 0 saturated carbocycles. The molecule has 2 aromatic carbocycles. The number of carbonyl (C=O) groups is 2. The Bertz CT molecular complexity index is 732. The van der Waals surface area contributed by atoms with Gasteiger partial charge in [0.15, 0.2) is 18.1 Å². The summed E-state index contributed by atoms with van der Waals surface area (Å²) in [7, 11) is 0. The molecule has 0 aliphatic carbocycles. The molecular weight excluding hydrogens is 353 g/mol. The van der Waals surface area contributed by atoms with E-state index in [9.17, 15) is 9.59 Å². The van der Waals surface area contributed by atoms with Gasteiger partial charge in [-0.3, -0.25) is 9.59 Å². The fraction of sp³-hybridized carbons (Fsp3) is 0.176. The van der Waals surface area contributed by atoms with Crippen LogP contribution in [0.25, 0.3) is 0 Å². The van der Waals surface area contributed by atoms with Crippen molar-refractivity contribution in [3.05, 3.63) is 52.0 Å². The molecular formula is C17H15Cl2NO4. The quantitative estimate of drug-likeness (QED) is 0.744. The van der Waals surface area contributed by atoms with Gasteiger partial charge in [-0.2, -0.15) is 0 Å². The molecule has 1 N–H and O–H groups in total. The van der Waals surface area contributed by atoms with Crippen LogP contribution in [0.15, 0.2) is 36.4 Å². The van der Waals surface area contributed by atoms with Crippen LogP contribution in [0.4, 0.5) is 5.69 Å². The summed E-state index contributed by atoms with van der Waals surface area (Å²) >= 11 is 11.9. The van der Waals surface area contributed by atoms with E-state index >= 15 is 0 Å². The van der Waals surface area contributed by atoms with Gasteiger partial charge >= 0.3 is 0 Å². The first-order valence-electron chi connectivity index (χ1n) is 7.13. The molecule has 7 heteroatoms. The first-order chi connectivity index (χ1) is 11.5. The molecule has 5 nitrogen and oxygen atoms in total. The molecule has 0 heterocycles. The number of hydrogen-bond donors (Lipinski definition) is 1. The Morgan fingerprint density at radius 3 is 2.50 bits per heavy atom. The van der Waals surface area contributed by atoms with E-state index in [1.807, 2.05) is 0 Å². The summed E-state index contributed by atoms with van der Waals surface area (Å²) in [6.07, 6.45) is 0.658. The number of amides is 1. The minimum atomic E-state index is -0.365. The van der Waals surface area contributed by atoms with Crippen LogP contribution in [-0.2, 0) is 4.79 Å². The molecule has 0 aromatic heterocycles. The van der Waals surface area contributed by atoms with Crippen molar-refractivity contribution in [2.24, 2.45) is 0 Å². The molecule has 0 saturated heterocycles. The van der Waals surface area contributed by atoms with Crippen molar-refractivity contribution in [3.8, 4) is 11.5 Å². The molecule has 1 amide bonds. The number of hydrogen-bond acceptors (Lipinski definition) is 4. The van der Waals surface area contributed by atoms with E-state index in [-0.39, 0.29) is 23.3 Å². The third kappa shape index (κ3) is 4.88. The summed E-state index contributed by atoms with van der Waals surface area (Å²) in [5.74, 6) is 0.164. The Hall–Kier alpha value is -2.24. The highest BCUT2D eigenvalue weighted by molar-refractivity contribution is 6.32. The van der Waals surface area contributed by atoms with E-state index in [4.69, 9.17) is 32.7 Å². The summed E-state index contributed by atoms with van der Waals surface area (Å²) in [5.41, 5.74) is 0.960. The molecule has 0 spiro atoms. The van der Waals surface area contributed by atoms with Gasteiger partial charge in [0.05, 0.1) is 11.6 Å². The first kappa shape index (κ1) is 18.1. The van der Waals surface area contributed by atoms with E-state index in [2.05, 4.69) is 5.32 Å². The van der Waals surface area contributed by atoms with Crippen molar-refractivity contribution in [3.63, 3.8) is 0 Å². The van der Waals surface area contributed by atoms with Gasteiger partial charge < -0.3 is 14.8 Å². The van der Waals surface area contributed by atoms with Gasteiger partial charge in [-0.05, 0) is 43.3 Å². The number of anilines is 1. The van der Waals surface area contributed by atoms with Gasteiger partial charge in [0.1, 0.15) is 6.29 Å². The maximum absolute atomic E-state index is 12.0. The van der Waals surface area contributed by atoms with Gasteiger partial charge in [-0.1, -0.05) is 23.2 Å². The van der Waals surface area contributed by atoms with Crippen molar-refractivity contribution in [1.82, 2.24) is 0 Å². The SMILES string of the molecule is CCOc1cc(C=O)cc(Cl)c1OCC(=O)Nc1ccc(Cl)cc1. The highest BCUT2D eigenvalue weighted by Crippen LogP contribution is 2.36. The maximum atomic E-state index is 12.0. The zero-order valence-electron chi connectivity index (χ0n) is 12.8. The second-order valence-electron chi connectivity index (χ2n) is 4.72. The van der Waals surface area contributed by atoms with E-state index < -0.39 is 0 Å². The highest BCUT2D eigenvalue weighted by Gasteiger charge is 2.14. The Labute approximate surface area is 149 Å². The minimum Gasteiger partial charge on any atom is -0.490 e. The number of nitrogens with one attached hydrogen (secondary N) is 1. The monoisotopic (exact) mass is 367 g/mol. The molecule has 0 radical (unpaired) electrons. The molecule has 126 valence electrons. The van der Waals surface area contributed by atoms with Crippen molar-refractivity contribution in [1.29, 1.82) is 0 Å². The third-order valence-corrected chi connectivity index (χ3v) is 3.48. The lowest BCUT2D eigenvalue weighted by Gasteiger charge is -2.14. The topological polar surface area (TPSA) is 64.6 Å². The molecule has 0 aliphatic rings. The van der Waals surface area contributed by atoms with Crippen LogP contribution < -0.4 is 14.8 Å². The fourth-order valence-electron chi connectivity index (χ4n) is 1.93. The fourth-order valence-corrected chi connectivity index (χ4v) is 2.33. The van der Waals surface area contributed by atoms with Crippen LogP contribution in [0.3, 0.4) is 0 Å². The Morgan fingerprint density at radius 2 is 1.88 bits per heavy atom. The Kier molecular flexibility index (Phi) is 6.46. The molecule has 24 heavy (non-hydrogen) atoms. The third-order valence-electron chi connectivity index (χ3n) is 2.94. The smallest absolute Gasteiger partial charge is 0.262 e. The van der Waals surface area contributed by atoms with Crippen molar-refractivity contribution >= 4 is 41.1 Å². The average Bonchev–Trinajstić information content (AvgIpc) is 2.56. The molecule has 0 fully saturated rings. The maximum Gasteiger partial charge on any atom is 0.262 e. The first-order valence-corrected chi connectivity index (χ1v) is 7.88. The van der Waals surface area contributed by atoms with Crippen LogP contribution >= 0.6 is 23.2 Å². The number of rotatable bonds is 7. The number of ether oxygens (including phenoxy) is 2. The Balaban J connectivity index is 2.06. The predicted octanol–water partition coefficient (Wildman–Crippen LogP) is 4.22. The summed E-state index contributed by atoms with van der Waals surface area (Å²) in [6.45, 7) is 1.90. The van der Waals surface area contributed by atoms with Gasteiger partial charge in [0.2, 0.25) is 0 Å². The molecule has 0 unspecified atom stereocenters. The summed E-state index contributed by atoms with van der Waals surface area (Å²) in [4.78, 5) is 22.9. The van der Waals surface area contributed by atoms with Crippen LogP contribution in [-0.4, -0.2) is 25.4 Å². The van der Waals surface area contributed by atoms with Crippen molar-refractivity contribution < 1.29 is 19.1 Å². The highest BCUT2D eigenvalue weighted by atomic mass is 35.5. The zero-order valence-corrected chi connectivity index (χ0v) is 14.4. The lowest BCUT2D eigenvalue weighted by atomic mass is 10.2. The summed E-state index contributed by atoms with van der Waals surface area (Å²) in [5, 5.41) is 3.44. The number of carbonyl (C=O) groups excluding carboxylic acids is 2. The standard InChI is InChI=1S/C17H15Cl2NO4/c1-2-23-15-8-11(9-21)7-14(19)17(15)24-10-16(22)20-13-5-3-12(18)4-6-13/h3-9H,2,10H2,1H3,(H,20,22). The van der Waals surface area contributed by atoms with E-state index in [1.54, 1.807) is 31.2 Å². The molecule has 0 atom stereocenters. The van der Waals surface area contributed by atoms with Crippen molar-refractivity contribution in [2.75, 3.05) is 18.5 Å². The largest absolute Gasteiger partial charge is 0.490 e. The van der Waals surface area contributed by atoms with E-state index in [1.165, 1.54) is 12.1 Å². The lowest BCUT2D eigenvalue weighted by Crippen LogP contribution is -2.20. The molecule has 2 rings (SSSR count). The van der Waals surface area contributed by atoms with E-state index in [0.29, 0.717) is 34.9 Å². The van der Waals surface area contributed by atoms with Gasteiger partial charge in [0.25, 0.3) is 5.91 Å². The van der Waals surface area contributed by atoms with Gasteiger partial charge in [0, 0.05) is 16.3 Å². The van der Waals surface area contributed by atoms with Crippen LogP contribution in [0.5, 0.6) is 11.5 Å². The zero-order chi connectivity index (χ0) is 17.5. The summed E-state index contributed by atoms with van der Waals surface area (Å²) < 4.78 is 10.9. The van der Waals surface area contributed by atoms with Crippen molar-refractivity contribution in [2.45, 2.75) is 6.92 Å². The molecule has 0 bridgehead atoms. The van der Waals surface area contributed by atoms with Gasteiger partial charge in [-0.25, -0.2) is 0 Å². The summed E-state index contributed by atoms with van der Waals surface area (Å²) in [6, 6.07) is 9.65. The normalized spacial score (nSPS) is 10.1. The number of benzene rings is 2. The minimum absolute atomic E-state index is 0.197. The Morgan fingerprint density at radius 1 is 1.17 bits per heavy atom.